The Balaban J connectivity index is 1.17. The monoisotopic (exact) mass is 435 g/mol. The summed E-state index contributed by atoms with van der Waals surface area (Å²) in [6.45, 7) is 6.65. The SMILES string of the molecule is O=C(NCc1ccn2ccnc2c1)c1ccc(-c2cnn(CCN3CCNCC3)c2)s1. The van der Waals surface area contributed by atoms with Gasteiger partial charge in [0.1, 0.15) is 5.65 Å². The molecule has 1 aliphatic rings. The molecule has 0 aromatic carbocycles. The second-order valence-corrected chi connectivity index (χ2v) is 8.74. The molecule has 1 amide bonds. The molecule has 5 heterocycles. The van der Waals surface area contributed by atoms with Gasteiger partial charge in [-0.2, -0.15) is 5.10 Å². The molecule has 9 heteroatoms. The van der Waals surface area contributed by atoms with E-state index < -0.39 is 0 Å². The summed E-state index contributed by atoms with van der Waals surface area (Å²) in [6, 6.07) is 7.84. The summed E-state index contributed by atoms with van der Waals surface area (Å²) in [5.74, 6) is -0.0643. The van der Waals surface area contributed by atoms with Gasteiger partial charge in [-0.3, -0.25) is 14.4 Å². The van der Waals surface area contributed by atoms with Gasteiger partial charge in [0.2, 0.25) is 0 Å². The van der Waals surface area contributed by atoms with Gasteiger partial charge in [0.25, 0.3) is 5.91 Å². The van der Waals surface area contributed by atoms with Crippen molar-refractivity contribution in [2.24, 2.45) is 0 Å². The Bertz CT molecular complexity index is 1170. The van der Waals surface area contributed by atoms with Gasteiger partial charge in [0.05, 0.1) is 17.6 Å². The largest absolute Gasteiger partial charge is 0.347 e. The van der Waals surface area contributed by atoms with E-state index in [9.17, 15) is 4.79 Å². The van der Waals surface area contributed by atoms with E-state index in [2.05, 4.69) is 31.8 Å². The Kier molecular flexibility index (Phi) is 5.79. The lowest BCUT2D eigenvalue weighted by molar-refractivity contribution is 0.0955. The number of piperazine rings is 1. The summed E-state index contributed by atoms with van der Waals surface area (Å²) >= 11 is 1.49. The molecule has 1 fully saturated rings. The van der Waals surface area contributed by atoms with Crippen molar-refractivity contribution in [1.82, 2.24) is 34.7 Å². The number of pyridine rings is 1. The Morgan fingerprint density at radius 2 is 2.06 bits per heavy atom. The molecule has 160 valence electrons. The van der Waals surface area contributed by atoms with Crippen LogP contribution >= 0.6 is 11.3 Å². The molecule has 0 radical (unpaired) electrons. The highest BCUT2D eigenvalue weighted by Crippen LogP contribution is 2.27. The lowest BCUT2D eigenvalue weighted by Gasteiger charge is -2.26. The quantitative estimate of drug-likeness (QED) is 0.465. The Morgan fingerprint density at radius 3 is 2.97 bits per heavy atom. The smallest absolute Gasteiger partial charge is 0.261 e. The van der Waals surface area contributed by atoms with Crippen molar-refractivity contribution < 1.29 is 4.79 Å². The van der Waals surface area contributed by atoms with Crippen molar-refractivity contribution in [3.05, 3.63) is 65.7 Å². The summed E-state index contributed by atoms with van der Waals surface area (Å²) in [5.41, 5.74) is 2.95. The number of nitrogens with zero attached hydrogens (tertiary/aromatic N) is 5. The normalized spacial score (nSPS) is 14.8. The zero-order chi connectivity index (χ0) is 21.0. The predicted octanol–water partition coefficient (Wildman–Crippen LogP) is 2.09. The van der Waals surface area contributed by atoms with Crippen molar-refractivity contribution in [3.8, 4) is 10.4 Å². The topological polar surface area (TPSA) is 79.5 Å². The minimum atomic E-state index is -0.0643. The van der Waals surface area contributed by atoms with E-state index in [1.165, 1.54) is 11.3 Å². The number of imidazole rings is 1. The number of fused-ring (bicyclic) bond motifs is 1. The maximum absolute atomic E-state index is 12.6. The zero-order valence-electron chi connectivity index (χ0n) is 17.2. The molecule has 4 aromatic heterocycles. The molecule has 31 heavy (non-hydrogen) atoms. The summed E-state index contributed by atoms with van der Waals surface area (Å²) in [4.78, 5) is 21.1. The van der Waals surface area contributed by atoms with Gasteiger partial charge in [-0.25, -0.2) is 4.98 Å². The van der Waals surface area contributed by atoms with Gasteiger partial charge in [0.15, 0.2) is 0 Å². The van der Waals surface area contributed by atoms with E-state index in [1.54, 1.807) is 6.20 Å². The Labute approximate surface area is 184 Å². The molecule has 2 N–H and O–H groups in total. The number of thiophene rings is 1. The zero-order valence-corrected chi connectivity index (χ0v) is 18.0. The number of hydrogen-bond acceptors (Lipinski definition) is 6. The first-order valence-corrected chi connectivity index (χ1v) is 11.3. The fourth-order valence-electron chi connectivity index (χ4n) is 3.74. The molecule has 0 atom stereocenters. The van der Waals surface area contributed by atoms with Gasteiger partial charge in [0, 0.05) is 74.5 Å². The molecule has 0 bridgehead atoms. The van der Waals surface area contributed by atoms with Crippen LogP contribution in [0.5, 0.6) is 0 Å². The van der Waals surface area contributed by atoms with Crippen LogP contribution in [-0.2, 0) is 13.1 Å². The fraction of sp³-hybridized carbons (Fsp3) is 0.318. The molecular weight excluding hydrogens is 410 g/mol. The van der Waals surface area contributed by atoms with Crippen LogP contribution in [0.25, 0.3) is 16.1 Å². The molecule has 1 aliphatic heterocycles. The Morgan fingerprint density at radius 1 is 1.16 bits per heavy atom. The van der Waals surface area contributed by atoms with Gasteiger partial charge in [-0.1, -0.05) is 0 Å². The highest BCUT2D eigenvalue weighted by molar-refractivity contribution is 7.17. The summed E-state index contributed by atoms with van der Waals surface area (Å²) in [5, 5.41) is 10.9. The fourth-order valence-corrected chi connectivity index (χ4v) is 4.64. The molecule has 0 saturated carbocycles. The summed E-state index contributed by atoms with van der Waals surface area (Å²) < 4.78 is 3.93. The van der Waals surface area contributed by atoms with E-state index in [0.29, 0.717) is 11.4 Å². The van der Waals surface area contributed by atoms with Crippen LogP contribution in [0.1, 0.15) is 15.2 Å². The van der Waals surface area contributed by atoms with Crippen LogP contribution in [0.2, 0.25) is 0 Å². The van der Waals surface area contributed by atoms with Crippen LogP contribution in [-0.4, -0.2) is 62.7 Å². The van der Waals surface area contributed by atoms with Crippen molar-refractivity contribution in [2.45, 2.75) is 13.1 Å². The first-order valence-electron chi connectivity index (χ1n) is 10.5. The Hall–Kier alpha value is -3.01. The summed E-state index contributed by atoms with van der Waals surface area (Å²) in [6.07, 6.45) is 9.56. The van der Waals surface area contributed by atoms with Crippen molar-refractivity contribution in [2.75, 3.05) is 32.7 Å². The number of carbonyl (C=O) groups excluding carboxylic acids is 1. The molecule has 0 spiro atoms. The van der Waals surface area contributed by atoms with Crippen molar-refractivity contribution in [3.63, 3.8) is 0 Å². The van der Waals surface area contributed by atoms with Crippen molar-refractivity contribution in [1.29, 1.82) is 0 Å². The van der Waals surface area contributed by atoms with Crippen LogP contribution < -0.4 is 10.6 Å². The molecule has 4 aromatic rings. The van der Waals surface area contributed by atoms with Gasteiger partial charge >= 0.3 is 0 Å². The molecule has 5 rings (SSSR count). The van der Waals surface area contributed by atoms with Crippen molar-refractivity contribution >= 4 is 22.9 Å². The second kappa shape index (κ2) is 9.01. The predicted molar refractivity (Wildman–Crippen MR) is 121 cm³/mol. The number of hydrogen-bond donors (Lipinski definition) is 2. The van der Waals surface area contributed by atoms with E-state index in [0.717, 1.165) is 60.9 Å². The number of carbonyl (C=O) groups is 1. The average Bonchev–Trinajstić information content (AvgIpc) is 3.56. The van der Waals surface area contributed by atoms with Crippen LogP contribution in [0, 0.1) is 0 Å². The third kappa shape index (κ3) is 4.68. The van der Waals surface area contributed by atoms with E-state index in [1.807, 2.05) is 51.9 Å². The lowest BCUT2D eigenvalue weighted by Crippen LogP contribution is -2.44. The number of aromatic nitrogens is 4. The molecule has 1 saturated heterocycles. The van der Waals surface area contributed by atoms with Gasteiger partial charge < -0.3 is 15.0 Å². The minimum absolute atomic E-state index is 0.0643. The highest BCUT2D eigenvalue weighted by Gasteiger charge is 2.13. The van der Waals surface area contributed by atoms with Crippen LogP contribution in [0.3, 0.4) is 0 Å². The van der Waals surface area contributed by atoms with Crippen LogP contribution in [0.4, 0.5) is 0 Å². The number of amides is 1. The molecule has 0 aliphatic carbocycles. The first kappa shape index (κ1) is 19.9. The van der Waals surface area contributed by atoms with E-state index >= 15 is 0 Å². The van der Waals surface area contributed by atoms with Gasteiger partial charge in [-0.05, 0) is 29.8 Å². The van der Waals surface area contributed by atoms with Gasteiger partial charge in [-0.15, -0.1) is 11.3 Å². The average molecular weight is 436 g/mol. The molecular formula is C22H25N7OS. The number of nitrogens with one attached hydrogen (secondary N) is 2. The third-order valence-electron chi connectivity index (χ3n) is 5.52. The van der Waals surface area contributed by atoms with E-state index in [4.69, 9.17) is 0 Å². The van der Waals surface area contributed by atoms with E-state index in [-0.39, 0.29) is 5.91 Å². The maximum Gasteiger partial charge on any atom is 0.261 e. The maximum atomic E-state index is 12.6. The minimum Gasteiger partial charge on any atom is -0.347 e. The highest BCUT2D eigenvalue weighted by atomic mass is 32.1. The third-order valence-corrected chi connectivity index (χ3v) is 6.65. The standard InChI is InChI=1S/C22H25N7OS/c30-22(25-14-17-3-7-28-10-6-24-21(28)13-17)20-2-1-19(31-20)18-15-26-29(16-18)12-11-27-8-4-23-5-9-27/h1-3,6-7,10,13,15-16,23H,4-5,8-9,11-12,14H2,(H,25,30). The first-order chi connectivity index (χ1) is 15.2. The molecule has 0 unspecified atom stereocenters. The summed E-state index contributed by atoms with van der Waals surface area (Å²) in [7, 11) is 0. The lowest BCUT2D eigenvalue weighted by atomic mass is 10.2. The number of rotatable bonds is 7. The second-order valence-electron chi connectivity index (χ2n) is 7.66. The molecule has 8 nitrogen and oxygen atoms in total. The van der Waals surface area contributed by atoms with Crippen LogP contribution in [0.15, 0.2) is 55.2 Å².